The van der Waals surface area contributed by atoms with Crippen LogP contribution in [0.15, 0.2) is 18.2 Å². The quantitative estimate of drug-likeness (QED) is 0.584. The Labute approximate surface area is 96.0 Å². The Kier molecular flexibility index (Phi) is 3.08. The van der Waals surface area contributed by atoms with Gasteiger partial charge in [-0.25, -0.2) is 4.98 Å². The van der Waals surface area contributed by atoms with Crippen LogP contribution in [0.5, 0.6) is 0 Å². The third-order valence-electron chi connectivity index (χ3n) is 2.76. The van der Waals surface area contributed by atoms with E-state index >= 15 is 0 Å². The summed E-state index contributed by atoms with van der Waals surface area (Å²) in [6.45, 7) is 3.20. The van der Waals surface area contributed by atoms with E-state index in [1.807, 2.05) is 12.1 Å². The van der Waals surface area contributed by atoms with Gasteiger partial charge in [0.15, 0.2) is 0 Å². The highest BCUT2D eigenvalue weighted by molar-refractivity contribution is 5.93. The Morgan fingerprint density at radius 2 is 2.31 bits per heavy atom. The van der Waals surface area contributed by atoms with Gasteiger partial charge in [0, 0.05) is 12.6 Å². The number of nitrogens with one attached hydrogen (secondary N) is 1. The molecule has 3 N–H and O–H groups in total. The molecular formula is C12H18N4. The van der Waals surface area contributed by atoms with Crippen LogP contribution in [0.3, 0.4) is 0 Å². The summed E-state index contributed by atoms with van der Waals surface area (Å²) in [6.07, 6.45) is 3.63. The zero-order valence-electron chi connectivity index (χ0n) is 9.61. The molecule has 1 fully saturated rings. The maximum atomic E-state index is 7.39. The highest BCUT2D eigenvalue weighted by Crippen LogP contribution is 2.30. The predicted molar refractivity (Wildman–Crippen MR) is 65.9 cm³/mol. The molecule has 16 heavy (non-hydrogen) atoms. The van der Waals surface area contributed by atoms with E-state index in [9.17, 15) is 0 Å². The van der Waals surface area contributed by atoms with Crippen LogP contribution in [0.2, 0.25) is 0 Å². The molecule has 0 unspecified atom stereocenters. The second-order valence-electron chi connectivity index (χ2n) is 4.22. The molecule has 0 saturated heterocycles. The van der Waals surface area contributed by atoms with Crippen molar-refractivity contribution in [2.24, 2.45) is 5.73 Å². The SMILES string of the molecule is CCCN(c1cccc(C(=N)N)n1)C1CC1. The first-order valence-electron chi connectivity index (χ1n) is 5.80. The lowest BCUT2D eigenvalue weighted by Crippen LogP contribution is -2.28. The summed E-state index contributed by atoms with van der Waals surface area (Å²) in [6, 6.07) is 6.35. The fraction of sp³-hybridized carbons (Fsp3) is 0.500. The van der Waals surface area contributed by atoms with Crippen molar-refractivity contribution in [2.45, 2.75) is 32.2 Å². The van der Waals surface area contributed by atoms with Crippen LogP contribution >= 0.6 is 0 Å². The number of nitrogens with two attached hydrogens (primary N) is 1. The maximum Gasteiger partial charge on any atom is 0.141 e. The van der Waals surface area contributed by atoms with E-state index in [0.717, 1.165) is 18.8 Å². The summed E-state index contributed by atoms with van der Waals surface area (Å²) in [5.74, 6) is 0.992. The van der Waals surface area contributed by atoms with Crippen molar-refractivity contribution in [1.82, 2.24) is 4.98 Å². The number of aromatic nitrogens is 1. The standard InChI is InChI=1S/C12H18N4/c1-2-8-16(9-6-7-9)11-5-3-4-10(15-11)12(13)14/h3-5,9H,2,6-8H2,1H3,(H3,13,14). The number of rotatable bonds is 5. The zero-order valence-corrected chi connectivity index (χ0v) is 9.61. The minimum atomic E-state index is 0.0362. The first-order valence-corrected chi connectivity index (χ1v) is 5.80. The molecule has 1 aliphatic rings. The molecule has 1 saturated carbocycles. The molecular weight excluding hydrogens is 200 g/mol. The number of hydrogen-bond acceptors (Lipinski definition) is 3. The van der Waals surface area contributed by atoms with E-state index in [4.69, 9.17) is 11.1 Å². The molecule has 0 bridgehead atoms. The first kappa shape index (κ1) is 10.9. The van der Waals surface area contributed by atoms with Crippen molar-refractivity contribution < 1.29 is 0 Å². The molecule has 86 valence electrons. The van der Waals surface area contributed by atoms with Gasteiger partial charge in [-0.15, -0.1) is 0 Å². The Bertz CT molecular complexity index is 384. The van der Waals surface area contributed by atoms with Crippen molar-refractivity contribution in [3.63, 3.8) is 0 Å². The summed E-state index contributed by atoms with van der Waals surface area (Å²) >= 11 is 0. The Morgan fingerprint density at radius 3 is 2.88 bits per heavy atom. The van der Waals surface area contributed by atoms with Crippen LogP contribution in [0, 0.1) is 5.41 Å². The van der Waals surface area contributed by atoms with Crippen LogP contribution in [-0.2, 0) is 0 Å². The molecule has 4 nitrogen and oxygen atoms in total. The van der Waals surface area contributed by atoms with Gasteiger partial charge in [0.25, 0.3) is 0 Å². The van der Waals surface area contributed by atoms with Crippen LogP contribution in [0.4, 0.5) is 5.82 Å². The molecule has 2 rings (SSSR count). The van der Waals surface area contributed by atoms with Gasteiger partial charge in [0.05, 0.1) is 0 Å². The number of anilines is 1. The highest BCUT2D eigenvalue weighted by Gasteiger charge is 2.29. The third kappa shape index (κ3) is 2.32. The van der Waals surface area contributed by atoms with E-state index in [-0.39, 0.29) is 5.84 Å². The number of nitrogens with zero attached hydrogens (tertiary/aromatic N) is 2. The van der Waals surface area contributed by atoms with Gasteiger partial charge in [-0.3, -0.25) is 5.41 Å². The summed E-state index contributed by atoms with van der Waals surface area (Å²) in [7, 11) is 0. The van der Waals surface area contributed by atoms with E-state index < -0.39 is 0 Å². The summed E-state index contributed by atoms with van der Waals surface area (Å²) < 4.78 is 0. The fourth-order valence-corrected chi connectivity index (χ4v) is 1.84. The number of amidine groups is 1. The average Bonchev–Trinajstić information content (AvgIpc) is 3.10. The Morgan fingerprint density at radius 1 is 1.56 bits per heavy atom. The second-order valence-corrected chi connectivity index (χ2v) is 4.22. The van der Waals surface area contributed by atoms with Gasteiger partial charge in [0.2, 0.25) is 0 Å². The normalized spacial score (nSPS) is 14.8. The topological polar surface area (TPSA) is 66.0 Å². The molecule has 1 aromatic heterocycles. The smallest absolute Gasteiger partial charge is 0.141 e. The second kappa shape index (κ2) is 4.51. The van der Waals surface area contributed by atoms with Crippen molar-refractivity contribution in [2.75, 3.05) is 11.4 Å². The van der Waals surface area contributed by atoms with E-state index in [0.29, 0.717) is 11.7 Å². The van der Waals surface area contributed by atoms with E-state index in [1.165, 1.54) is 12.8 Å². The molecule has 0 amide bonds. The summed E-state index contributed by atoms with van der Waals surface area (Å²) in [5, 5.41) is 7.39. The van der Waals surface area contributed by atoms with Gasteiger partial charge in [-0.2, -0.15) is 0 Å². The molecule has 0 aromatic carbocycles. The number of nitrogen functional groups attached to an aromatic ring is 1. The number of hydrogen-bond donors (Lipinski definition) is 2. The van der Waals surface area contributed by atoms with Crippen LogP contribution in [-0.4, -0.2) is 23.4 Å². The largest absolute Gasteiger partial charge is 0.382 e. The fourth-order valence-electron chi connectivity index (χ4n) is 1.84. The molecule has 4 heteroatoms. The molecule has 1 aliphatic carbocycles. The predicted octanol–water partition coefficient (Wildman–Crippen LogP) is 1.74. The molecule has 1 heterocycles. The van der Waals surface area contributed by atoms with Gasteiger partial charge < -0.3 is 10.6 Å². The van der Waals surface area contributed by atoms with Crippen molar-refractivity contribution in [3.8, 4) is 0 Å². The van der Waals surface area contributed by atoms with Crippen LogP contribution < -0.4 is 10.6 Å². The average molecular weight is 218 g/mol. The Balaban J connectivity index is 2.22. The maximum absolute atomic E-state index is 7.39. The minimum absolute atomic E-state index is 0.0362. The highest BCUT2D eigenvalue weighted by atomic mass is 15.2. The lowest BCUT2D eigenvalue weighted by molar-refractivity contribution is 0.750. The van der Waals surface area contributed by atoms with Crippen molar-refractivity contribution in [3.05, 3.63) is 23.9 Å². The third-order valence-corrected chi connectivity index (χ3v) is 2.76. The van der Waals surface area contributed by atoms with Gasteiger partial charge in [0.1, 0.15) is 17.3 Å². The van der Waals surface area contributed by atoms with Crippen molar-refractivity contribution >= 4 is 11.7 Å². The van der Waals surface area contributed by atoms with Crippen LogP contribution in [0.1, 0.15) is 31.9 Å². The summed E-state index contributed by atoms with van der Waals surface area (Å²) in [5.41, 5.74) is 6.02. The molecule has 0 aliphatic heterocycles. The monoisotopic (exact) mass is 218 g/mol. The lowest BCUT2D eigenvalue weighted by atomic mass is 10.3. The van der Waals surface area contributed by atoms with Crippen LogP contribution in [0.25, 0.3) is 0 Å². The molecule has 1 aromatic rings. The number of pyridine rings is 1. The van der Waals surface area contributed by atoms with E-state index in [1.54, 1.807) is 6.07 Å². The van der Waals surface area contributed by atoms with Gasteiger partial charge in [-0.1, -0.05) is 13.0 Å². The Hall–Kier alpha value is -1.58. The summed E-state index contributed by atoms with van der Waals surface area (Å²) in [4.78, 5) is 6.75. The molecule has 0 spiro atoms. The van der Waals surface area contributed by atoms with Gasteiger partial charge >= 0.3 is 0 Å². The lowest BCUT2D eigenvalue weighted by Gasteiger charge is -2.23. The van der Waals surface area contributed by atoms with Crippen molar-refractivity contribution in [1.29, 1.82) is 5.41 Å². The van der Waals surface area contributed by atoms with E-state index in [2.05, 4.69) is 16.8 Å². The molecule has 0 radical (unpaired) electrons. The minimum Gasteiger partial charge on any atom is -0.382 e. The zero-order chi connectivity index (χ0) is 11.5. The first-order chi connectivity index (χ1) is 7.72. The van der Waals surface area contributed by atoms with Gasteiger partial charge in [-0.05, 0) is 31.4 Å². The molecule has 0 atom stereocenters.